The minimum absolute atomic E-state index is 0.0717. The molecule has 1 unspecified atom stereocenters. The van der Waals surface area contributed by atoms with Crippen LogP contribution in [0.15, 0.2) is 91.3 Å². The summed E-state index contributed by atoms with van der Waals surface area (Å²) >= 11 is 6.04. The first-order chi connectivity index (χ1) is 14.8. The van der Waals surface area contributed by atoms with Gasteiger partial charge in [-0.15, -0.1) is 0 Å². The minimum atomic E-state index is -0.0717. The third kappa shape index (κ3) is 3.80. The standard InChI is InChI=1S/C24H19ClN4O/c25-20-10-6-18(7-11-20)22-14-23(29-24(28-22)26-16-27-29)19-8-12-21(13-9-19)30-15-17-4-2-1-3-5-17/h1-14,16,23H,15H2,(H,26,27,28). The summed E-state index contributed by atoms with van der Waals surface area (Å²) in [7, 11) is 0. The molecule has 148 valence electrons. The summed E-state index contributed by atoms with van der Waals surface area (Å²) in [6, 6.07) is 25.9. The van der Waals surface area contributed by atoms with Crippen LogP contribution in [0.4, 0.5) is 5.95 Å². The van der Waals surface area contributed by atoms with Gasteiger partial charge in [0.15, 0.2) is 0 Å². The van der Waals surface area contributed by atoms with Crippen LogP contribution in [0.2, 0.25) is 5.02 Å². The summed E-state index contributed by atoms with van der Waals surface area (Å²) in [5, 5.41) is 8.46. The maximum absolute atomic E-state index is 6.04. The number of aromatic nitrogens is 3. The van der Waals surface area contributed by atoms with Crippen molar-refractivity contribution in [3.05, 3.63) is 113 Å². The average Bonchev–Trinajstić information content (AvgIpc) is 3.27. The van der Waals surface area contributed by atoms with Gasteiger partial charge in [0.2, 0.25) is 5.95 Å². The lowest BCUT2D eigenvalue weighted by Crippen LogP contribution is -2.20. The molecule has 3 aromatic carbocycles. The van der Waals surface area contributed by atoms with Gasteiger partial charge in [0.1, 0.15) is 24.7 Å². The summed E-state index contributed by atoms with van der Waals surface area (Å²) in [6.07, 6.45) is 3.70. The Morgan fingerprint density at radius 2 is 1.70 bits per heavy atom. The lowest BCUT2D eigenvalue weighted by Gasteiger charge is -2.24. The van der Waals surface area contributed by atoms with Crippen LogP contribution in [0.1, 0.15) is 22.7 Å². The van der Waals surface area contributed by atoms with E-state index in [1.165, 1.54) is 0 Å². The number of anilines is 1. The first kappa shape index (κ1) is 18.5. The van der Waals surface area contributed by atoms with Crippen molar-refractivity contribution in [1.82, 2.24) is 14.8 Å². The smallest absolute Gasteiger partial charge is 0.226 e. The predicted molar refractivity (Wildman–Crippen MR) is 118 cm³/mol. The van der Waals surface area contributed by atoms with Gasteiger partial charge in [-0.2, -0.15) is 10.1 Å². The Hall–Kier alpha value is -3.57. The van der Waals surface area contributed by atoms with Gasteiger partial charge < -0.3 is 10.1 Å². The van der Waals surface area contributed by atoms with E-state index in [1.807, 2.05) is 59.3 Å². The van der Waals surface area contributed by atoms with Crippen molar-refractivity contribution in [2.75, 3.05) is 5.32 Å². The van der Waals surface area contributed by atoms with Gasteiger partial charge in [-0.25, -0.2) is 4.68 Å². The molecule has 0 amide bonds. The minimum Gasteiger partial charge on any atom is -0.489 e. The van der Waals surface area contributed by atoms with Gasteiger partial charge >= 0.3 is 0 Å². The SMILES string of the molecule is Clc1ccc(C2=CC(c3ccc(OCc4ccccc4)cc3)n3ncnc3N2)cc1. The first-order valence-corrected chi connectivity index (χ1v) is 10.0. The number of nitrogens with one attached hydrogen (secondary N) is 1. The number of hydrogen-bond donors (Lipinski definition) is 1. The molecule has 1 N–H and O–H groups in total. The van der Waals surface area contributed by atoms with Crippen molar-refractivity contribution in [2.45, 2.75) is 12.6 Å². The van der Waals surface area contributed by atoms with Gasteiger partial charge in [-0.05, 0) is 47.0 Å². The van der Waals surface area contributed by atoms with Crippen LogP contribution >= 0.6 is 11.6 Å². The Balaban J connectivity index is 1.40. The zero-order chi connectivity index (χ0) is 20.3. The predicted octanol–water partition coefficient (Wildman–Crippen LogP) is 5.57. The molecule has 4 aromatic rings. The fourth-order valence-electron chi connectivity index (χ4n) is 3.47. The van der Waals surface area contributed by atoms with Crippen molar-refractivity contribution in [2.24, 2.45) is 0 Å². The van der Waals surface area contributed by atoms with Gasteiger partial charge in [0.05, 0.1) is 0 Å². The number of rotatable bonds is 5. The van der Waals surface area contributed by atoms with Crippen LogP contribution in [0, 0.1) is 0 Å². The zero-order valence-electron chi connectivity index (χ0n) is 16.1. The second-order valence-corrected chi connectivity index (χ2v) is 7.47. The number of allylic oxidation sites excluding steroid dienone is 1. The first-order valence-electron chi connectivity index (χ1n) is 9.67. The van der Waals surface area contributed by atoms with Gasteiger partial charge in [-0.1, -0.05) is 66.2 Å². The number of fused-ring (bicyclic) bond motifs is 1. The number of nitrogens with zero attached hydrogens (tertiary/aromatic N) is 3. The number of hydrogen-bond acceptors (Lipinski definition) is 4. The Bertz CT molecular complexity index is 1170. The molecule has 0 aliphatic carbocycles. The van der Waals surface area contributed by atoms with E-state index in [2.05, 4.69) is 45.7 Å². The molecule has 0 fully saturated rings. The van der Waals surface area contributed by atoms with E-state index in [1.54, 1.807) is 6.33 Å². The number of ether oxygens (including phenoxy) is 1. The fraction of sp³-hybridized carbons (Fsp3) is 0.0833. The van der Waals surface area contributed by atoms with Crippen LogP contribution in [-0.4, -0.2) is 14.8 Å². The molecule has 0 saturated carbocycles. The normalized spacial score (nSPS) is 15.1. The maximum atomic E-state index is 6.04. The largest absolute Gasteiger partial charge is 0.489 e. The second kappa shape index (κ2) is 8.05. The molecular weight excluding hydrogens is 396 g/mol. The lowest BCUT2D eigenvalue weighted by atomic mass is 10.0. The van der Waals surface area contributed by atoms with E-state index >= 15 is 0 Å². The van der Waals surface area contributed by atoms with E-state index in [0.717, 1.165) is 28.1 Å². The topological polar surface area (TPSA) is 52.0 Å². The average molecular weight is 415 g/mol. The molecule has 1 aromatic heterocycles. The van der Waals surface area contributed by atoms with Gasteiger partial charge in [0, 0.05) is 10.7 Å². The summed E-state index contributed by atoms with van der Waals surface area (Å²) in [5.74, 6) is 1.54. The van der Waals surface area contributed by atoms with Crippen LogP contribution in [-0.2, 0) is 6.61 Å². The van der Waals surface area contributed by atoms with Crippen molar-refractivity contribution in [3.8, 4) is 5.75 Å². The van der Waals surface area contributed by atoms with Gasteiger partial charge in [0.25, 0.3) is 0 Å². The van der Waals surface area contributed by atoms with E-state index in [9.17, 15) is 0 Å². The third-order valence-electron chi connectivity index (χ3n) is 5.03. The molecule has 2 heterocycles. The molecule has 5 nitrogen and oxygen atoms in total. The van der Waals surface area contributed by atoms with Crippen LogP contribution in [0.3, 0.4) is 0 Å². The summed E-state index contributed by atoms with van der Waals surface area (Å²) in [4.78, 5) is 4.36. The van der Waals surface area contributed by atoms with Crippen molar-refractivity contribution in [3.63, 3.8) is 0 Å². The van der Waals surface area contributed by atoms with E-state index < -0.39 is 0 Å². The molecule has 1 aliphatic rings. The highest BCUT2D eigenvalue weighted by atomic mass is 35.5. The summed E-state index contributed by atoms with van der Waals surface area (Å²) in [6.45, 7) is 0.543. The molecule has 1 atom stereocenters. The Morgan fingerprint density at radius 3 is 2.47 bits per heavy atom. The number of halogens is 1. The lowest BCUT2D eigenvalue weighted by molar-refractivity contribution is 0.306. The molecular formula is C24H19ClN4O. The van der Waals surface area contributed by atoms with Crippen molar-refractivity contribution >= 4 is 23.2 Å². The van der Waals surface area contributed by atoms with Crippen molar-refractivity contribution < 1.29 is 4.74 Å². The van der Waals surface area contributed by atoms with E-state index in [0.29, 0.717) is 17.6 Å². The van der Waals surface area contributed by atoms with E-state index in [4.69, 9.17) is 16.3 Å². The molecule has 0 radical (unpaired) electrons. The molecule has 0 spiro atoms. The highest BCUT2D eigenvalue weighted by Gasteiger charge is 2.23. The maximum Gasteiger partial charge on any atom is 0.226 e. The van der Waals surface area contributed by atoms with Crippen molar-refractivity contribution in [1.29, 1.82) is 0 Å². The Labute approximate surface area is 179 Å². The Kier molecular flexibility index (Phi) is 4.95. The number of benzene rings is 3. The molecule has 0 saturated heterocycles. The summed E-state index contributed by atoms with van der Waals surface area (Å²) in [5.41, 5.74) is 4.26. The molecule has 5 rings (SSSR count). The van der Waals surface area contributed by atoms with Crippen LogP contribution in [0.25, 0.3) is 5.70 Å². The third-order valence-corrected chi connectivity index (χ3v) is 5.28. The van der Waals surface area contributed by atoms with Gasteiger partial charge in [-0.3, -0.25) is 0 Å². The van der Waals surface area contributed by atoms with Crippen LogP contribution < -0.4 is 10.1 Å². The van der Waals surface area contributed by atoms with Crippen LogP contribution in [0.5, 0.6) is 5.75 Å². The zero-order valence-corrected chi connectivity index (χ0v) is 16.8. The monoisotopic (exact) mass is 414 g/mol. The second-order valence-electron chi connectivity index (χ2n) is 7.03. The molecule has 0 bridgehead atoms. The Morgan fingerprint density at radius 1 is 0.933 bits per heavy atom. The fourth-order valence-corrected chi connectivity index (χ4v) is 3.60. The molecule has 6 heteroatoms. The highest BCUT2D eigenvalue weighted by molar-refractivity contribution is 6.30. The van der Waals surface area contributed by atoms with E-state index in [-0.39, 0.29) is 6.04 Å². The highest BCUT2D eigenvalue weighted by Crippen LogP contribution is 2.33. The molecule has 1 aliphatic heterocycles. The quantitative estimate of drug-likeness (QED) is 0.464. The molecule has 30 heavy (non-hydrogen) atoms. The summed E-state index contributed by atoms with van der Waals surface area (Å²) < 4.78 is 7.79.